The normalized spacial score (nSPS) is 16.9. The van der Waals surface area contributed by atoms with Crippen LogP contribution in [0, 0.1) is 34.9 Å². The maximum Gasteiger partial charge on any atom is 0.244 e. The van der Waals surface area contributed by atoms with Gasteiger partial charge in [0.2, 0.25) is 41.3 Å². The molecule has 2 atom stereocenters. The summed E-state index contributed by atoms with van der Waals surface area (Å²) < 4.78 is 115. The molecule has 0 spiro atoms. The van der Waals surface area contributed by atoms with Crippen molar-refractivity contribution in [2.24, 2.45) is 0 Å². The number of anilines is 3. The molecular formula is C90H92F6N22O9. The van der Waals surface area contributed by atoms with Crippen molar-refractivity contribution in [1.82, 2.24) is 93.8 Å². The predicted octanol–water partition coefficient (Wildman–Crippen LogP) is 11.0. The van der Waals surface area contributed by atoms with E-state index in [1.165, 1.54) is 106 Å². The van der Waals surface area contributed by atoms with Crippen molar-refractivity contribution in [2.45, 2.75) is 89.8 Å². The van der Waals surface area contributed by atoms with Crippen LogP contribution in [0.2, 0.25) is 0 Å². The van der Waals surface area contributed by atoms with E-state index in [-0.39, 0.29) is 96.5 Å². The quantitative estimate of drug-likeness (QED) is 0.0569. The number of piperazine rings is 3. The Hall–Kier alpha value is -13.8. The second kappa shape index (κ2) is 40.9. The van der Waals surface area contributed by atoms with Crippen LogP contribution in [0.1, 0.15) is 51.9 Å². The average Bonchev–Trinajstić information content (AvgIpc) is 1.26. The fourth-order valence-electron chi connectivity index (χ4n) is 15.5. The lowest BCUT2D eigenvalue weighted by molar-refractivity contribution is -0.133. The Bertz CT molecular complexity index is 5700. The van der Waals surface area contributed by atoms with Gasteiger partial charge in [-0.25, -0.2) is 85.2 Å². The zero-order chi connectivity index (χ0) is 87.7. The summed E-state index contributed by atoms with van der Waals surface area (Å²) in [6.45, 7) is 11.8. The van der Waals surface area contributed by atoms with Crippen molar-refractivity contribution in [3.63, 3.8) is 0 Å². The van der Waals surface area contributed by atoms with Crippen LogP contribution in [0.3, 0.4) is 0 Å². The van der Waals surface area contributed by atoms with E-state index < -0.39 is 0 Å². The molecule has 6 aliphatic heterocycles. The highest BCUT2D eigenvalue weighted by Crippen LogP contribution is 2.31. The molecule has 0 aliphatic carbocycles. The Morgan fingerprint density at radius 2 is 0.701 bits per heavy atom. The second-order valence-corrected chi connectivity index (χ2v) is 31.1. The number of aromatic nitrogens is 15. The van der Waals surface area contributed by atoms with Gasteiger partial charge in [0.25, 0.3) is 0 Å². The van der Waals surface area contributed by atoms with E-state index in [1.807, 2.05) is 23.1 Å². The standard InChI is InChI=1S/C31H32F2N8O3.C30H31F2N7O3.C29H29F2N7O3/c1-21(42)38-12-10-26(11-13-38)44-28-18-27(34-20-35-28)39-14-16-40(17-15-39)29(43)19-41-31(23-4-8-25(33)9-5-23)36-30(37-41)22-2-6-24(32)7-3-22;31-23-8-4-21(5-9-23)29-35-30(22-6-10-24(32)11-7-22)39(36-29)18-28(40)38-14-12-37(13-15-38)26-17-27(34-20-33-26)42-19-25-3-1-2-16-41-25;30-22-7-3-20(4-8-22)28-34-29(21-5-9-23(31)10-6-21)38(35-28)17-27(39)37-13-11-36(12-14-37)25-16-26(33-19-32-25)41-24-2-1-15-40-18-24/h2-9,18,20,26H,10-17,19H2,1H3;4-11,17,20,25H,1-3,12-16,18-19H2;3-10,16,19,24H,1-2,11-15,17-18H2. The SMILES string of the molecule is CC(=O)N1CCC(Oc2cc(N3CCN(C(=O)Cn4nc(-c5ccc(F)cc5)nc4-c4ccc(F)cc4)CC3)ncn2)CC1.O=C(Cn1nc(-c2ccc(F)cc2)nc1-c1ccc(F)cc1)N1CCN(c2cc(OC3CCCOC3)ncn2)CC1.O=C(Cn1nc(-c2ccc(F)cc2)nc1-c1ccc(F)cc1)N1CCN(c2cc(OCC3CCCCO3)ncn2)CC1. The number of rotatable bonds is 22. The van der Waals surface area contributed by atoms with E-state index in [9.17, 15) is 45.5 Å². The molecule has 0 radical (unpaired) electrons. The lowest BCUT2D eigenvalue weighted by atomic mass is 10.1. The highest BCUT2D eigenvalue weighted by atomic mass is 19.1. The Morgan fingerprint density at radius 1 is 0.362 bits per heavy atom. The molecule has 0 N–H and O–H groups in total. The lowest BCUT2D eigenvalue weighted by Gasteiger charge is -2.35. The minimum Gasteiger partial charge on any atom is -0.475 e. The van der Waals surface area contributed by atoms with Gasteiger partial charge in [0.15, 0.2) is 34.9 Å². The molecule has 6 fully saturated rings. The van der Waals surface area contributed by atoms with Gasteiger partial charge in [-0.05, 0) is 178 Å². The molecule has 4 amide bonds. The van der Waals surface area contributed by atoms with E-state index in [0.29, 0.717) is 191 Å². The highest BCUT2D eigenvalue weighted by molar-refractivity contribution is 5.79. The third kappa shape index (κ3) is 22.6. The number of carbonyl (C=O) groups is 4. The molecular weight excluding hydrogens is 1650 g/mol. The number of hydrogen-bond donors (Lipinski definition) is 0. The van der Waals surface area contributed by atoms with Crippen LogP contribution < -0.4 is 28.9 Å². The summed E-state index contributed by atoms with van der Waals surface area (Å²) in [5.74, 6) is 3.49. The molecule has 37 heteroatoms. The van der Waals surface area contributed by atoms with Crippen molar-refractivity contribution in [3.8, 4) is 86.0 Å². The summed E-state index contributed by atoms with van der Waals surface area (Å²) >= 11 is 0. The summed E-state index contributed by atoms with van der Waals surface area (Å²) in [5, 5.41) is 13.7. The zero-order valence-corrected chi connectivity index (χ0v) is 69.6. The summed E-state index contributed by atoms with van der Waals surface area (Å²) in [7, 11) is 0. The fourth-order valence-corrected chi connectivity index (χ4v) is 15.5. The van der Waals surface area contributed by atoms with E-state index in [0.717, 1.165) is 75.6 Å². The largest absolute Gasteiger partial charge is 0.475 e. The number of ether oxygens (including phenoxy) is 5. The number of nitrogens with zero attached hydrogens (tertiary/aromatic N) is 22. The number of likely N-dealkylation sites (tertiary alicyclic amines) is 1. The maximum absolute atomic E-state index is 13.6. The van der Waals surface area contributed by atoms with Crippen LogP contribution in [0.5, 0.6) is 17.6 Å². The van der Waals surface area contributed by atoms with Gasteiger partial charge in [-0.2, -0.15) is 0 Å². The Kier molecular flexibility index (Phi) is 27.9. The molecule has 6 aromatic carbocycles. The van der Waals surface area contributed by atoms with Crippen molar-refractivity contribution >= 4 is 41.1 Å². The second-order valence-electron chi connectivity index (χ2n) is 31.1. The van der Waals surface area contributed by atoms with Gasteiger partial charge in [-0.15, -0.1) is 15.3 Å². The first-order valence-corrected chi connectivity index (χ1v) is 42.2. The number of carbonyl (C=O) groups excluding carboxylic acids is 4. The predicted molar refractivity (Wildman–Crippen MR) is 454 cm³/mol. The van der Waals surface area contributed by atoms with Crippen LogP contribution in [0.4, 0.5) is 43.8 Å². The smallest absolute Gasteiger partial charge is 0.244 e. The molecule has 6 aromatic heterocycles. The number of amides is 4. The molecule has 18 rings (SSSR count). The summed E-state index contributed by atoms with van der Waals surface area (Å²) in [4.78, 5) is 105. The fraction of sp³-hybridized carbons (Fsp3) is 0.356. The van der Waals surface area contributed by atoms with Crippen molar-refractivity contribution in [1.29, 1.82) is 0 Å². The number of hydrogen-bond acceptors (Lipinski definition) is 24. The molecule has 6 aliphatic rings. The topological polar surface area (TPSA) is 307 Å². The van der Waals surface area contributed by atoms with Crippen LogP contribution in [-0.2, 0) is 48.3 Å². The molecule has 658 valence electrons. The van der Waals surface area contributed by atoms with Gasteiger partial charge in [0, 0.05) is 176 Å². The average molecular weight is 1740 g/mol. The first-order valence-electron chi connectivity index (χ1n) is 42.2. The molecule has 127 heavy (non-hydrogen) atoms. The lowest BCUT2D eigenvalue weighted by Crippen LogP contribution is -2.50. The van der Waals surface area contributed by atoms with Gasteiger partial charge < -0.3 is 58.0 Å². The first-order chi connectivity index (χ1) is 61.8. The van der Waals surface area contributed by atoms with Gasteiger partial charge in [0.05, 0.1) is 12.7 Å². The zero-order valence-electron chi connectivity index (χ0n) is 69.6. The van der Waals surface area contributed by atoms with Crippen molar-refractivity contribution in [2.75, 3.05) is 133 Å². The van der Waals surface area contributed by atoms with E-state index in [1.54, 1.807) is 94.4 Å². The molecule has 2 unspecified atom stereocenters. The Morgan fingerprint density at radius 3 is 1.03 bits per heavy atom. The van der Waals surface area contributed by atoms with E-state index in [2.05, 4.69) is 74.9 Å². The maximum atomic E-state index is 13.6. The van der Waals surface area contributed by atoms with Crippen molar-refractivity contribution in [3.05, 3.63) is 218 Å². The first kappa shape index (κ1) is 86.7. The van der Waals surface area contributed by atoms with Crippen LogP contribution >= 0.6 is 0 Å². The van der Waals surface area contributed by atoms with Crippen LogP contribution in [-0.4, -0.2) is 254 Å². The van der Waals surface area contributed by atoms with Gasteiger partial charge in [-0.1, -0.05) is 0 Å². The van der Waals surface area contributed by atoms with Gasteiger partial charge >= 0.3 is 0 Å². The van der Waals surface area contributed by atoms with E-state index in [4.69, 9.17) is 23.7 Å². The van der Waals surface area contributed by atoms with Crippen LogP contribution in [0.25, 0.3) is 68.3 Å². The summed E-state index contributed by atoms with van der Waals surface area (Å²) in [6.07, 6.45) is 11.1. The molecule has 0 bridgehead atoms. The van der Waals surface area contributed by atoms with Gasteiger partial charge in [-0.3, -0.25) is 19.2 Å². The highest BCUT2D eigenvalue weighted by Gasteiger charge is 2.31. The number of benzene rings is 6. The molecule has 31 nitrogen and oxygen atoms in total. The van der Waals surface area contributed by atoms with Crippen molar-refractivity contribution < 1.29 is 69.2 Å². The Balaban J connectivity index is 0.000000140. The molecule has 12 aromatic rings. The molecule has 6 saturated heterocycles. The summed E-state index contributed by atoms with van der Waals surface area (Å²) in [6, 6.07) is 40.4. The molecule has 0 saturated carbocycles. The monoisotopic (exact) mass is 1740 g/mol. The van der Waals surface area contributed by atoms with E-state index >= 15 is 0 Å². The molecule has 12 heterocycles. The number of halogens is 6. The third-order valence-corrected chi connectivity index (χ3v) is 22.5. The minimum absolute atomic E-state index is 0.0111. The number of piperidine rings is 1. The third-order valence-electron chi connectivity index (χ3n) is 22.5. The summed E-state index contributed by atoms with van der Waals surface area (Å²) in [5.41, 5.74) is 3.66. The minimum atomic E-state index is -0.384. The van der Waals surface area contributed by atoms with Gasteiger partial charge in [0.1, 0.15) is 110 Å². The Labute approximate surface area is 726 Å². The van der Waals surface area contributed by atoms with Crippen LogP contribution in [0.15, 0.2) is 183 Å².